The molecule has 1 atom stereocenters. The van der Waals surface area contributed by atoms with Crippen LogP contribution in [0.5, 0.6) is 0 Å². The van der Waals surface area contributed by atoms with Crippen LogP contribution in [-0.4, -0.2) is 0 Å². The Labute approximate surface area is 120 Å². The molecule has 0 radical (unpaired) electrons. The monoisotopic (exact) mass is 304 g/mol. The van der Waals surface area contributed by atoms with Crippen molar-refractivity contribution in [1.82, 2.24) is 0 Å². The van der Waals surface area contributed by atoms with E-state index >= 15 is 0 Å². The molecule has 1 aromatic rings. The maximum atomic E-state index is 14.5. The Morgan fingerprint density at radius 3 is 2.24 bits per heavy atom. The Morgan fingerprint density at radius 1 is 1.00 bits per heavy atom. The van der Waals surface area contributed by atoms with Gasteiger partial charge < -0.3 is 0 Å². The van der Waals surface area contributed by atoms with E-state index in [1.165, 1.54) is 0 Å². The lowest BCUT2D eigenvalue weighted by Crippen LogP contribution is -2.31. The highest BCUT2D eigenvalue weighted by molar-refractivity contribution is 5.39. The standard InChI is InChI=1S/C16H17F5/c1-8-2-4-9(5-3-8)11-6-10-7-12(17)14(18)15(19)13(10)16(11,20)21/h7-9,11H,2-6H2,1H3. The molecule has 0 amide bonds. The smallest absolute Gasteiger partial charge is 0.204 e. The van der Waals surface area contributed by atoms with Gasteiger partial charge in [0.05, 0.1) is 5.56 Å². The number of alkyl halides is 2. The van der Waals surface area contributed by atoms with Gasteiger partial charge in [0.25, 0.3) is 5.92 Å². The fraction of sp³-hybridized carbons (Fsp3) is 0.625. The van der Waals surface area contributed by atoms with Crippen molar-refractivity contribution in [3.63, 3.8) is 0 Å². The fourth-order valence-corrected chi connectivity index (χ4v) is 3.87. The van der Waals surface area contributed by atoms with Gasteiger partial charge in [0.1, 0.15) is 0 Å². The van der Waals surface area contributed by atoms with Crippen LogP contribution in [0.15, 0.2) is 6.07 Å². The molecule has 0 nitrogen and oxygen atoms in total. The number of benzene rings is 1. The van der Waals surface area contributed by atoms with Crippen molar-refractivity contribution in [3.8, 4) is 0 Å². The van der Waals surface area contributed by atoms with Gasteiger partial charge in [-0.25, -0.2) is 22.0 Å². The summed E-state index contributed by atoms with van der Waals surface area (Å²) >= 11 is 0. The first-order valence-corrected chi connectivity index (χ1v) is 7.37. The number of hydrogen-bond acceptors (Lipinski definition) is 0. The largest absolute Gasteiger partial charge is 0.279 e. The van der Waals surface area contributed by atoms with Crippen LogP contribution in [0.25, 0.3) is 0 Å². The molecule has 1 aromatic carbocycles. The lowest BCUT2D eigenvalue weighted by Gasteiger charge is -2.33. The molecule has 1 unspecified atom stereocenters. The highest BCUT2D eigenvalue weighted by atomic mass is 19.3. The average Bonchev–Trinajstić information content (AvgIpc) is 2.68. The fourth-order valence-electron chi connectivity index (χ4n) is 3.87. The summed E-state index contributed by atoms with van der Waals surface area (Å²) in [5, 5.41) is 0. The summed E-state index contributed by atoms with van der Waals surface area (Å²) in [7, 11) is 0. The quantitative estimate of drug-likeness (QED) is 0.494. The molecule has 2 aliphatic rings. The van der Waals surface area contributed by atoms with Gasteiger partial charge in [0.15, 0.2) is 17.5 Å². The molecule has 0 heterocycles. The van der Waals surface area contributed by atoms with Gasteiger partial charge >= 0.3 is 0 Å². The Morgan fingerprint density at radius 2 is 1.62 bits per heavy atom. The zero-order chi connectivity index (χ0) is 15.4. The maximum absolute atomic E-state index is 14.5. The first-order valence-electron chi connectivity index (χ1n) is 7.37. The Balaban J connectivity index is 1.96. The van der Waals surface area contributed by atoms with Crippen LogP contribution in [0.4, 0.5) is 22.0 Å². The Bertz CT molecular complexity index is 558. The first-order chi connectivity index (χ1) is 9.82. The number of fused-ring (bicyclic) bond motifs is 1. The molecule has 3 rings (SSSR count). The minimum Gasteiger partial charge on any atom is -0.204 e. The first kappa shape index (κ1) is 14.8. The van der Waals surface area contributed by atoms with Crippen molar-refractivity contribution in [2.75, 3.05) is 0 Å². The minimum absolute atomic E-state index is 0.0739. The van der Waals surface area contributed by atoms with Gasteiger partial charge in [0.2, 0.25) is 0 Å². The van der Waals surface area contributed by atoms with Crippen molar-refractivity contribution in [1.29, 1.82) is 0 Å². The molecule has 21 heavy (non-hydrogen) atoms. The van der Waals surface area contributed by atoms with Crippen LogP contribution in [-0.2, 0) is 12.3 Å². The lowest BCUT2D eigenvalue weighted by atomic mass is 9.74. The third kappa shape index (κ3) is 2.25. The van der Waals surface area contributed by atoms with Crippen molar-refractivity contribution in [3.05, 3.63) is 34.6 Å². The summed E-state index contributed by atoms with van der Waals surface area (Å²) in [6.45, 7) is 2.09. The minimum atomic E-state index is -3.42. The lowest BCUT2D eigenvalue weighted by molar-refractivity contribution is -0.0839. The van der Waals surface area contributed by atoms with E-state index in [1.807, 2.05) is 0 Å². The van der Waals surface area contributed by atoms with Gasteiger partial charge in [-0.3, -0.25) is 0 Å². The van der Waals surface area contributed by atoms with Gasteiger partial charge in [-0.15, -0.1) is 0 Å². The van der Waals surface area contributed by atoms with Crippen molar-refractivity contribution in [2.45, 2.75) is 45.0 Å². The van der Waals surface area contributed by atoms with E-state index in [9.17, 15) is 22.0 Å². The molecule has 1 saturated carbocycles. The molecular formula is C16H17F5. The summed E-state index contributed by atoms with van der Waals surface area (Å²) in [5.74, 6) is -9.07. The van der Waals surface area contributed by atoms with Crippen molar-refractivity contribution < 1.29 is 22.0 Å². The number of rotatable bonds is 1. The van der Waals surface area contributed by atoms with Gasteiger partial charge in [0, 0.05) is 5.92 Å². The molecule has 116 valence electrons. The second kappa shape index (κ2) is 4.96. The normalized spacial score (nSPS) is 31.2. The van der Waals surface area contributed by atoms with Gasteiger partial charge in [-0.2, -0.15) is 0 Å². The summed E-state index contributed by atoms with van der Waals surface area (Å²) in [4.78, 5) is 0. The van der Waals surface area contributed by atoms with Crippen molar-refractivity contribution in [2.24, 2.45) is 17.8 Å². The number of halogens is 5. The molecular weight excluding hydrogens is 287 g/mol. The average molecular weight is 304 g/mol. The zero-order valence-corrected chi connectivity index (χ0v) is 11.7. The van der Waals surface area contributed by atoms with E-state index in [4.69, 9.17) is 0 Å². The summed E-state index contributed by atoms with van der Waals surface area (Å²) in [5.41, 5.74) is -1.01. The van der Waals surface area contributed by atoms with Crippen LogP contribution < -0.4 is 0 Å². The predicted octanol–water partition coefficient (Wildman–Crippen LogP) is 5.19. The van der Waals surface area contributed by atoms with Crippen LogP contribution in [0.3, 0.4) is 0 Å². The van der Waals surface area contributed by atoms with Crippen molar-refractivity contribution >= 4 is 0 Å². The Kier molecular flexibility index (Phi) is 3.49. The van der Waals surface area contributed by atoms with Crippen LogP contribution in [0, 0.1) is 35.2 Å². The molecule has 2 aliphatic carbocycles. The zero-order valence-electron chi connectivity index (χ0n) is 11.7. The van der Waals surface area contributed by atoms with E-state index in [2.05, 4.69) is 6.92 Å². The molecule has 1 fully saturated rings. The van der Waals surface area contributed by atoms with Crippen LogP contribution >= 0.6 is 0 Å². The molecule has 0 bridgehead atoms. The second-order valence-electron chi connectivity index (χ2n) is 6.47. The highest BCUT2D eigenvalue weighted by Gasteiger charge is 2.54. The third-order valence-electron chi connectivity index (χ3n) is 5.11. The van der Waals surface area contributed by atoms with Gasteiger partial charge in [-0.05, 0) is 42.7 Å². The SMILES string of the molecule is CC1CCC(C2Cc3cc(F)c(F)c(F)c3C2(F)F)CC1. The molecule has 5 heteroatoms. The number of hydrogen-bond donors (Lipinski definition) is 0. The molecule has 0 saturated heterocycles. The van der Waals surface area contributed by atoms with Crippen LogP contribution in [0.2, 0.25) is 0 Å². The van der Waals surface area contributed by atoms with E-state index in [0.29, 0.717) is 18.8 Å². The van der Waals surface area contributed by atoms with E-state index < -0.39 is 34.9 Å². The predicted molar refractivity (Wildman–Crippen MR) is 68.5 cm³/mol. The van der Waals surface area contributed by atoms with E-state index in [-0.39, 0.29) is 17.9 Å². The second-order valence-corrected chi connectivity index (χ2v) is 6.47. The summed E-state index contributed by atoms with van der Waals surface area (Å²) in [6.07, 6.45) is 3.01. The third-order valence-corrected chi connectivity index (χ3v) is 5.11. The Hall–Kier alpha value is -1.13. The maximum Gasteiger partial charge on any atom is 0.279 e. The van der Waals surface area contributed by atoms with E-state index in [0.717, 1.165) is 18.9 Å². The van der Waals surface area contributed by atoms with Gasteiger partial charge in [-0.1, -0.05) is 19.8 Å². The summed E-state index contributed by atoms with van der Waals surface area (Å²) in [6, 6.07) is 0.729. The topological polar surface area (TPSA) is 0 Å². The summed E-state index contributed by atoms with van der Waals surface area (Å²) < 4.78 is 69.3. The molecule has 0 aromatic heterocycles. The molecule has 0 aliphatic heterocycles. The highest BCUT2D eigenvalue weighted by Crippen LogP contribution is 2.53. The molecule has 0 N–H and O–H groups in total. The molecule has 0 spiro atoms. The van der Waals surface area contributed by atoms with Crippen LogP contribution in [0.1, 0.15) is 43.7 Å². The van der Waals surface area contributed by atoms with E-state index in [1.54, 1.807) is 0 Å².